The summed E-state index contributed by atoms with van der Waals surface area (Å²) in [6.07, 6.45) is 3.77. The fraction of sp³-hybridized carbons (Fsp3) is 0.667. The van der Waals surface area contributed by atoms with Crippen LogP contribution in [0.5, 0.6) is 0 Å². The van der Waals surface area contributed by atoms with Gasteiger partial charge in [0.25, 0.3) is 0 Å². The molecule has 0 amide bonds. The largest absolute Gasteiger partial charge is 0.395 e. The van der Waals surface area contributed by atoms with Crippen LogP contribution in [0.4, 0.5) is 5.69 Å². The summed E-state index contributed by atoms with van der Waals surface area (Å²) in [4.78, 5) is 4.87. The molecule has 0 aromatic heterocycles. The van der Waals surface area contributed by atoms with Crippen molar-refractivity contribution in [2.45, 2.75) is 37.8 Å². The van der Waals surface area contributed by atoms with Gasteiger partial charge in [0.05, 0.1) is 12.7 Å². The van der Waals surface area contributed by atoms with Gasteiger partial charge in [-0.2, -0.15) is 0 Å². The van der Waals surface area contributed by atoms with Crippen LogP contribution in [0.3, 0.4) is 0 Å². The highest BCUT2D eigenvalue weighted by Gasteiger charge is 2.29. The normalized spacial score (nSPS) is 28.0. The van der Waals surface area contributed by atoms with Gasteiger partial charge in [0, 0.05) is 37.9 Å². The summed E-state index contributed by atoms with van der Waals surface area (Å²) in [7, 11) is 0. The lowest BCUT2D eigenvalue weighted by atomic mass is 9.92. The summed E-state index contributed by atoms with van der Waals surface area (Å²) in [5, 5.41) is 19.3. The molecule has 1 aromatic carbocycles. The molecule has 3 rings (SSSR count). The second-order valence-electron chi connectivity index (χ2n) is 6.78. The van der Waals surface area contributed by atoms with Gasteiger partial charge in [0.15, 0.2) is 0 Å². The van der Waals surface area contributed by atoms with Crippen LogP contribution in [0.15, 0.2) is 30.3 Å². The second-order valence-corrected chi connectivity index (χ2v) is 6.78. The summed E-state index contributed by atoms with van der Waals surface area (Å²) >= 11 is 0. The van der Waals surface area contributed by atoms with Crippen molar-refractivity contribution in [2.75, 3.05) is 37.7 Å². The molecule has 0 spiro atoms. The number of hydrogen-bond donors (Lipinski definition) is 2. The molecule has 2 aliphatic rings. The molecule has 2 N–H and O–H groups in total. The van der Waals surface area contributed by atoms with Crippen molar-refractivity contribution in [3.8, 4) is 0 Å². The Morgan fingerprint density at radius 1 is 1.00 bits per heavy atom. The third-order valence-corrected chi connectivity index (χ3v) is 5.25. The molecule has 0 saturated carbocycles. The van der Waals surface area contributed by atoms with Crippen molar-refractivity contribution < 1.29 is 10.2 Å². The van der Waals surface area contributed by atoms with Crippen LogP contribution < -0.4 is 4.90 Å². The molecule has 22 heavy (non-hydrogen) atoms. The van der Waals surface area contributed by atoms with E-state index in [1.54, 1.807) is 0 Å². The third kappa shape index (κ3) is 3.80. The zero-order valence-electron chi connectivity index (χ0n) is 13.3. The minimum atomic E-state index is -0.228. The lowest BCUT2D eigenvalue weighted by Crippen LogP contribution is -2.49. The molecular formula is C18H28N2O2. The Kier molecular flexibility index (Phi) is 5.34. The SMILES string of the molecule is OCC1CC(O)CCN1CC1CCN(c2ccccc2)CC1. The zero-order valence-corrected chi connectivity index (χ0v) is 13.3. The highest BCUT2D eigenvalue weighted by molar-refractivity contribution is 5.46. The number of rotatable bonds is 4. The van der Waals surface area contributed by atoms with E-state index < -0.39 is 0 Å². The summed E-state index contributed by atoms with van der Waals surface area (Å²) in [6, 6.07) is 10.8. The first-order chi connectivity index (χ1) is 10.8. The van der Waals surface area contributed by atoms with Crippen molar-refractivity contribution in [3.63, 3.8) is 0 Å². The molecule has 2 aliphatic heterocycles. The lowest BCUT2D eigenvalue weighted by Gasteiger charge is -2.41. The van der Waals surface area contributed by atoms with E-state index >= 15 is 0 Å². The van der Waals surface area contributed by atoms with Crippen molar-refractivity contribution in [1.82, 2.24) is 4.90 Å². The Morgan fingerprint density at radius 3 is 2.41 bits per heavy atom. The first kappa shape index (κ1) is 15.8. The molecule has 0 radical (unpaired) electrons. The van der Waals surface area contributed by atoms with E-state index in [4.69, 9.17) is 0 Å². The molecule has 4 nitrogen and oxygen atoms in total. The van der Waals surface area contributed by atoms with Gasteiger partial charge >= 0.3 is 0 Å². The maximum Gasteiger partial charge on any atom is 0.0587 e. The van der Waals surface area contributed by atoms with E-state index in [2.05, 4.69) is 40.1 Å². The van der Waals surface area contributed by atoms with Crippen LogP contribution >= 0.6 is 0 Å². The first-order valence-electron chi connectivity index (χ1n) is 8.59. The van der Waals surface area contributed by atoms with Crippen molar-refractivity contribution in [2.24, 2.45) is 5.92 Å². The van der Waals surface area contributed by atoms with Crippen molar-refractivity contribution in [1.29, 1.82) is 0 Å². The van der Waals surface area contributed by atoms with Crippen LogP contribution in [-0.4, -0.2) is 60.0 Å². The fourth-order valence-electron chi connectivity index (χ4n) is 3.85. The number of aliphatic hydroxyl groups is 2. The van der Waals surface area contributed by atoms with Crippen LogP contribution in [-0.2, 0) is 0 Å². The van der Waals surface area contributed by atoms with Gasteiger partial charge in [0.1, 0.15) is 0 Å². The van der Waals surface area contributed by atoms with Crippen molar-refractivity contribution in [3.05, 3.63) is 30.3 Å². The van der Waals surface area contributed by atoms with Crippen LogP contribution in [0, 0.1) is 5.92 Å². The lowest BCUT2D eigenvalue weighted by molar-refractivity contribution is 0.00781. The molecule has 4 heteroatoms. The highest BCUT2D eigenvalue weighted by Crippen LogP contribution is 2.26. The average molecular weight is 304 g/mol. The molecular weight excluding hydrogens is 276 g/mol. The van der Waals surface area contributed by atoms with Gasteiger partial charge in [-0.05, 0) is 43.7 Å². The number of nitrogens with zero attached hydrogens (tertiary/aromatic N) is 2. The predicted molar refractivity (Wildman–Crippen MR) is 89.1 cm³/mol. The predicted octanol–water partition coefficient (Wildman–Crippen LogP) is 1.72. The number of benzene rings is 1. The van der Waals surface area contributed by atoms with E-state index in [9.17, 15) is 10.2 Å². The van der Waals surface area contributed by atoms with Gasteiger partial charge < -0.3 is 15.1 Å². The van der Waals surface area contributed by atoms with Gasteiger partial charge in [-0.15, -0.1) is 0 Å². The molecule has 122 valence electrons. The fourth-order valence-corrected chi connectivity index (χ4v) is 3.85. The highest BCUT2D eigenvalue weighted by atomic mass is 16.3. The third-order valence-electron chi connectivity index (χ3n) is 5.25. The minimum Gasteiger partial charge on any atom is -0.395 e. The summed E-state index contributed by atoms with van der Waals surface area (Å²) in [5.74, 6) is 0.712. The molecule has 2 fully saturated rings. The van der Waals surface area contributed by atoms with Gasteiger partial charge in [-0.3, -0.25) is 4.90 Å². The maximum absolute atomic E-state index is 9.75. The maximum atomic E-state index is 9.75. The average Bonchev–Trinajstić information content (AvgIpc) is 2.58. The second kappa shape index (κ2) is 7.44. The van der Waals surface area contributed by atoms with Crippen LogP contribution in [0.1, 0.15) is 25.7 Å². The van der Waals surface area contributed by atoms with Crippen molar-refractivity contribution >= 4 is 5.69 Å². The topological polar surface area (TPSA) is 46.9 Å². The molecule has 2 atom stereocenters. The van der Waals surface area contributed by atoms with Gasteiger partial charge in [-0.1, -0.05) is 18.2 Å². The molecule has 2 unspecified atom stereocenters. The van der Waals surface area contributed by atoms with Gasteiger partial charge in [0.2, 0.25) is 0 Å². The molecule has 0 aliphatic carbocycles. The Balaban J connectivity index is 1.49. The Morgan fingerprint density at radius 2 is 1.73 bits per heavy atom. The standard InChI is InChI=1S/C18H28N2O2/c21-14-17-12-18(22)8-11-20(17)13-15-6-9-19(10-7-15)16-4-2-1-3-5-16/h1-5,15,17-18,21-22H,6-14H2. The minimum absolute atomic E-state index is 0.149. The molecule has 0 bridgehead atoms. The van der Waals surface area contributed by atoms with Crippen LogP contribution in [0.2, 0.25) is 0 Å². The van der Waals surface area contributed by atoms with Crippen LogP contribution in [0.25, 0.3) is 0 Å². The van der Waals surface area contributed by atoms with E-state index in [1.807, 2.05) is 0 Å². The smallest absolute Gasteiger partial charge is 0.0587 e. The summed E-state index contributed by atoms with van der Waals surface area (Å²) in [6.45, 7) is 4.40. The van der Waals surface area contributed by atoms with E-state index in [-0.39, 0.29) is 18.8 Å². The summed E-state index contributed by atoms with van der Waals surface area (Å²) in [5.41, 5.74) is 1.33. The van der Waals surface area contributed by atoms with E-state index in [0.29, 0.717) is 5.92 Å². The molecule has 1 aromatic rings. The molecule has 2 saturated heterocycles. The Hall–Kier alpha value is -1.10. The first-order valence-corrected chi connectivity index (χ1v) is 8.59. The summed E-state index contributed by atoms with van der Waals surface area (Å²) < 4.78 is 0. The zero-order chi connectivity index (χ0) is 15.4. The quantitative estimate of drug-likeness (QED) is 0.889. The van der Waals surface area contributed by atoms with E-state index in [0.717, 1.165) is 39.0 Å². The van der Waals surface area contributed by atoms with Gasteiger partial charge in [-0.25, -0.2) is 0 Å². The number of hydrogen-bond acceptors (Lipinski definition) is 4. The number of likely N-dealkylation sites (tertiary alicyclic amines) is 1. The number of anilines is 1. The number of aliphatic hydroxyl groups excluding tert-OH is 2. The number of para-hydroxylation sites is 1. The Bertz CT molecular complexity index is 446. The number of piperidine rings is 2. The molecule has 2 heterocycles. The Labute approximate surface area is 133 Å². The van der Waals surface area contributed by atoms with E-state index in [1.165, 1.54) is 18.5 Å². The monoisotopic (exact) mass is 304 g/mol.